The molecule has 1 fully saturated rings. The zero-order valence-corrected chi connectivity index (χ0v) is 9.83. The molecule has 0 bridgehead atoms. The maximum Gasteiger partial charge on any atom is 0.355 e. The van der Waals surface area contributed by atoms with Gasteiger partial charge in [-0.15, -0.1) is 11.8 Å². The molecular formula is C11H13NO3S. The van der Waals surface area contributed by atoms with Crippen LogP contribution >= 0.6 is 11.8 Å². The first-order valence-electron chi connectivity index (χ1n) is 5.17. The number of nitrogens with zero attached hydrogens (tertiary/aromatic N) is 1. The molecule has 16 heavy (non-hydrogen) atoms. The van der Waals surface area contributed by atoms with Crippen molar-refractivity contribution in [3.05, 3.63) is 23.8 Å². The van der Waals surface area contributed by atoms with Crippen LogP contribution in [0.2, 0.25) is 0 Å². The van der Waals surface area contributed by atoms with Gasteiger partial charge in [0, 0.05) is 5.41 Å². The largest absolute Gasteiger partial charge is 0.457 e. The quantitative estimate of drug-likeness (QED) is 0.424. The van der Waals surface area contributed by atoms with E-state index in [0.29, 0.717) is 5.70 Å². The summed E-state index contributed by atoms with van der Waals surface area (Å²) in [5, 5.41) is 1.81. The molecule has 0 N–H and O–H groups in total. The van der Waals surface area contributed by atoms with Crippen molar-refractivity contribution in [2.24, 2.45) is 5.92 Å². The van der Waals surface area contributed by atoms with Crippen LogP contribution < -0.4 is 0 Å². The van der Waals surface area contributed by atoms with Gasteiger partial charge in [0.05, 0.1) is 11.3 Å². The fraction of sp³-hybridized carbons (Fsp3) is 0.455. The highest BCUT2D eigenvalue weighted by molar-refractivity contribution is 8.03. The fourth-order valence-electron chi connectivity index (χ4n) is 1.86. The highest BCUT2D eigenvalue weighted by Gasteiger charge is 2.52. The number of esters is 1. The van der Waals surface area contributed by atoms with Crippen LogP contribution in [-0.2, 0) is 14.3 Å². The van der Waals surface area contributed by atoms with Gasteiger partial charge in [-0.3, -0.25) is 9.69 Å². The lowest BCUT2D eigenvalue weighted by atomic mass is 9.95. The van der Waals surface area contributed by atoms with Gasteiger partial charge in [-0.25, -0.2) is 4.79 Å². The molecule has 2 atom stereocenters. The van der Waals surface area contributed by atoms with Crippen LogP contribution in [0.1, 0.15) is 13.3 Å². The summed E-state index contributed by atoms with van der Waals surface area (Å²) in [7, 11) is 0. The predicted molar refractivity (Wildman–Crippen MR) is 61.2 cm³/mol. The molecule has 5 heteroatoms. The lowest BCUT2D eigenvalue weighted by Gasteiger charge is -2.42. The first kappa shape index (κ1) is 11.3. The topological polar surface area (TPSA) is 46.6 Å². The molecule has 86 valence electrons. The second-order valence-corrected chi connectivity index (χ2v) is 4.63. The van der Waals surface area contributed by atoms with Gasteiger partial charge in [0.2, 0.25) is 5.91 Å². The third kappa shape index (κ3) is 1.55. The number of amides is 1. The van der Waals surface area contributed by atoms with Crippen molar-refractivity contribution >= 4 is 23.6 Å². The number of thioether (sulfide) groups is 1. The second-order valence-electron chi connectivity index (χ2n) is 3.64. The Balaban J connectivity index is 2.02. The third-order valence-corrected chi connectivity index (χ3v) is 3.89. The Morgan fingerprint density at radius 2 is 2.50 bits per heavy atom. The number of β-lactam (4-membered cyclic amide) rings is 1. The predicted octanol–water partition coefficient (Wildman–Crippen LogP) is 1.50. The molecule has 4 nitrogen and oxygen atoms in total. The van der Waals surface area contributed by atoms with Gasteiger partial charge in [-0.1, -0.05) is 19.6 Å². The summed E-state index contributed by atoms with van der Waals surface area (Å²) in [6.07, 6.45) is 2.32. The summed E-state index contributed by atoms with van der Waals surface area (Å²) in [6, 6.07) is 0. The van der Waals surface area contributed by atoms with Gasteiger partial charge < -0.3 is 4.74 Å². The Morgan fingerprint density at radius 3 is 3.12 bits per heavy atom. The standard InChI is InChI=1S/C11H13NO3S/c1-3-5-15-11(14)8-6-16-10-7(4-2)9(13)12(8)10/h3,6-7,10H,1,4-5H2,2H3/t7-,10+/m0/s1. The summed E-state index contributed by atoms with van der Waals surface area (Å²) >= 11 is 1.51. The summed E-state index contributed by atoms with van der Waals surface area (Å²) in [6.45, 7) is 5.62. The molecule has 0 aliphatic carbocycles. The number of hydrogen-bond donors (Lipinski definition) is 0. The van der Waals surface area contributed by atoms with E-state index in [9.17, 15) is 9.59 Å². The third-order valence-electron chi connectivity index (χ3n) is 2.71. The Kier molecular flexibility index (Phi) is 3.05. The van der Waals surface area contributed by atoms with Gasteiger partial charge in [-0.05, 0) is 6.42 Å². The van der Waals surface area contributed by atoms with Crippen molar-refractivity contribution in [3.63, 3.8) is 0 Å². The van der Waals surface area contributed by atoms with Crippen LogP contribution in [0.15, 0.2) is 23.8 Å². The number of rotatable bonds is 4. The highest BCUT2D eigenvalue weighted by Crippen LogP contribution is 2.46. The minimum Gasteiger partial charge on any atom is -0.457 e. The lowest BCUT2D eigenvalue weighted by Crippen LogP contribution is -2.57. The zero-order chi connectivity index (χ0) is 11.7. The van der Waals surface area contributed by atoms with E-state index in [0.717, 1.165) is 6.42 Å². The Bertz CT molecular complexity index is 377. The van der Waals surface area contributed by atoms with Crippen molar-refractivity contribution in [2.75, 3.05) is 6.61 Å². The molecular weight excluding hydrogens is 226 g/mol. The maximum atomic E-state index is 11.7. The molecule has 0 aromatic rings. The Hall–Kier alpha value is -1.23. The molecule has 2 aliphatic heterocycles. The smallest absolute Gasteiger partial charge is 0.355 e. The van der Waals surface area contributed by atoms with Gasteiger partial charge >= 0.3 is 5.97 Å². The van der Waals surface area contributed by atoms with Crippen molar-refractivity contribution in [3.8, 4) is 0 Å². The van der Waals surface area contributed by atoms with E-state index in [1.54, 1.807) is 5.41 Å². The summed E-state index contributed by atoms with van der Waals surface area (Å²) in [5.74, 6) is -0.372. The van der Waals surface area contributed by atoms with E-state index >= 15 is 0 Å². The normalized spacial score (nSPS) is 26.9. The van der Waals surface area contributed by atoms with E-state index in [2.05, 4.69) is 6.58 Å². The highest BCUT2D eigenvalue weighted by atomic mass is 32.2. The maximum absolute atomic E-state index is 11.7. The van der Waals surface area contributed by atoms with Gasteiger partial charge in [-0.2, -0.15) is 0 Å². The second kappa shape index (κ2) is 4.33. The fourth-order valence-corrected chi connectivity index (χ4v) is 3.17. The van der Waals surface area contributed by atoms with Crippen LogP contribution in [0.4, 0.5) is 0 Å². The van der Waals surface area contributed by atoms with Gasteiger partial charge in [0.1, 0.15) is 12.3 Å². The van der Waals surface area contributed by atoms with E-state index in [1.165, 1.54) is 22.7 Å². The van der Waals surface area contributed by atoms with E-state index < -0.39 is 5.97 Å². The lowest BCUT2D eigenvalue weighted by molar-refractivity contribution is -0.153. The average molecular weight is 239 g/mol. The molecule has 0 aromatic carbocycles. The van der Waals surface area contributed by atoms with Crippen molar-refractivity contribution in [1.29, 1.82) is 0 Å². The molecule has 2 heterocycles. The van der Waals surface area contributed by atoms with Crippen molar-refractivity contribution in [1.82, 2.24) is 4.90 Å². The molecule has 0 unspecified atom stereocenters. The van der Waals surface area contributed by atoms with Crippen LogP contribution in [0, 0.1) is 5.92 Å². The van der Waals surface area contributed by atoms with Gasteiger partial charge in [0.25, 0.3) is 0 Å². The summed E-state index contributed by atoms with van der Waals surface area (Å²) in [4.78, 5) is 24.8. The van der Waals surface area contributed by atoms with E-state index in [1.807, 2.05) is 6.92 Å². The molecule has 1 saturated heterocycles. The molecule has 2 rings (SSSR count). The molecule has 0 saturated carbocycles. The van der Waals surface area contributed by atoms with Gasteiger partial charge in [0.15, 0.2) is 0 Å². The number of fused-ring (bicyclic) bond motifs is 1. The SMILES string of the molecule is C=CCOC(=O)C1=CS[C@@H]2[C@@H](CC)C(=O)N12. The summed E-state index contributed by atoms with van der Waals surface area (Å²) in [5.41, 5.74) is 0.367. The zero-order valence-electron chi connectivity index (χ0n) is 9.01. The number of hydrogen-bond acceptors (Lipinski definition) is 4. The average Bonchev–Trinajstić information content (AvgIpc) is 2.66. The number of ether oxygens (including phenoxy) is 1. The molecule has 0 aromatic heterocycles. The summed E-state index contributed by atoms with van der Waals surface area (Å²) < 4.78 is 4.91. The van der Waals surface area contributed by atoms with E-state index in [-0.39, 0.29) is 23.8 Å². The molecule has 0 radical (unpaired) electrons. The van der Waals surface area contributed by atoms with E-state index in [4.69, 9.17) is 4.74 Å². The first-order valence-corrected chi connectivity index (χ1v) is 6.11. The van der Waals surface area contributed by atoms with Crippen molar-refractivity contribution < 1.29 is 14.3 Å². The van der Waals surface area contributed by atoms with Crippen LogP contribution in [0.3, 0.4) is 0 Å². The Morgan fingerprint density at radius 1 is 1.75 bits per heavy atom. The van der Waals surface area contributed by atoms with Crippen LogP contribution in [-0.4, -0.2) is 28.8 Å². The molecule has 0 spiro atoms. The minimum absolute atomic E-state index is 0.0271. The Labute approximate surface area is 98.3 Å². The first-order chi connectivity index (χ1) is 7.70. The van der Waals surface area contributed by atoms with Crippen LogP contribution in [0.5, 0.6) is 0 Å². The number of carbonyl (C=O) groups is 2. The monoisotopic (exact) mass is 239 g/mol. The molecule has 2 aliphatic rings. The van der Waals surface area contributed by atoms with Crippen LogP contribution in [0.25, 0.3) is 0 Å². The number of carbonyl (C=O) groups excluding carboxylic acids is 2. The van der Waals surface area contributed by atoms with Crippen molar-refractivity contribution in [2.45, 2.75) is 18.7 Å². The minimum atomic E-state index is -0.446. The molecule has 1 amide bonds.